The van der Waals surface area contributed by atoms with E-state index in [-0.39, 0.29) is 34.3 Å². The number of carbonyl (C=O) groups excluding carboxylic acids is 1. The van der Waals surface area contributed by atoms with Gasteiger partial charge in [-0.1, -0.05) is 12.1 Å². The summed E-state index contributed by atoms with van der Waals surface area (Å²) in [6.45, 7) is 10.0. The molecule has 8 heteroatoms. The third-order valence-electron chi connectivity index (χ3n) is 3.84. The number of thioether (sulfide) groups is 1. The van der Waals surface area contributed by atoms with Gasteiger partial charge in [0.2, 0.25) is 0 Å². The number of hydrogen-bond donors (Lipinski definition) is 2. The molecule has 1 heterocycles. The van der Waals surface area contributed by atoms with Gasteiger partial charge in [-0.05, 0) is 32.9 Å². The van der Waals surface area contributed by atoms with E-state index in [1.165, 1.54) is 12.1 Å². The lowest BCUT2D eigenvalue weighted by Gasteiger charge is -2.39. The van der Waals surface area contributed by atoms with Crippen molar-refractivity contribution in [2.45, 2.75) is 25.5 Å². The Morgan fingerprint density at radius 1 is 1.35 bits per heavy atom. The van der Waals surface area contributed by atoms with Crippen LogP contribution in [0.4, 0.5) is 4.39 Å². The summed E-state index contributed by atoms with van der Waals surface area (Å²) in [4.78, 5) is 18.9. The zero-order valence-corrected chi connectivity index (χ0v) is 18.7. The third kappa shape index (κ3) is 6.94. The molecule has 1 aliphatic heterocycles. The second kappa shape index (κ2) is 11.0. The first-order valence-electron chi connectivity index (χ1n) is 8.63. The minimum atomic E-state index is -0.509. The average molecular weight is 494 g/mol. The molecular formula is C18H28FIN4OS. The lowest BCUT2D eigenvalue weighted by Crippen LogP contribution is -2.51. The maximum absolute atomic E-state index is 13.6. The Morgan fingerprint density at radius 3 is 2.73 bits per heavy atom. The molecule has 0 atom stereocenters. The third-order valence-corrected chi connectivity index (χ3v) is 5.13. The van der Waals surface area contributed by atoms with Crippen LogP contribution in [0.3, 0.4) is 0 Å². The highest BCUT2D eigenvalue weighted by Gasteiger charge is 2.28. The van der Waals surface area contributed by atoms with Crippen LogP contribution < -0.4 is 10.6 Å². The number of nitrogens with one attached hydrogen (secondary N) is 2. The number of guanidine groups is 1. The fraction of sp³-hybridized carbons (Fsp3) is 0.556. The summed E-state index contributed by atoms with van der Waals surface area (Å²) in [5.41, 5.74) is 0.0631. The van der Waals surface area contributed by atoms with Gasteiger partial charge < -0.3 is 15.5 Å². The summed E-state index contributed by atoms with van der Waals surface area (Å²) >= 11 is 1.97. The normalized spacial score (nSPS) is 16.6. The minimum absolute atomic E-state index is 0. The maximum Gasteiger partial charge on any atom is 0.254 e. The molecule has 0 spiro atoms. The van der Waals surface area contributed by atoms with E-state index in [1.54, 1.807) is 12.1 Å². The van der Waals surface area contributed by atoms with Gasteiger partial charge in [0.1, 0.15) is 5.82 Å². The highest BCUT2D eigenvalue weighted by Crippen LogP contribution is 2.29. The topological polar surface area (TPSA) is 56.7 Å². The van der Waals surface area contributed by atoms with E-state index in [1.807, 2.05) is 18.7 Å². The number of hydrogen-bond acceptors (Lipinski definition) is 3. The largest absolute Gasteiger partial charge is 0.357 e. The predicted molar refractivity (Wildman–Crippen MR) is 118 cm³/mol. The quantitative estimate of drug-likeness (QED) is 0.286. The molecule has 0 radical (unpaired) electrons. The predicted octanol–water partition coefficient (Wildman–Crippen LogP) is 2.97. The van der Waals surface area contributed by atoms with Gasteiger partial charge in [0.05, 0.1) is 12.1 Å². The summed E-state index contributed by atoms with van der Waals surface area (Å²) in [6.07, 6.45) is 0. The summed E-state index contributed by atoms with van der Waals surface area (Å²) < 4.78 is 13.8. The molecule has 1 saturated heterocycles. The first-order valence-corrected chi connectivity index (χ1v) is 9.61. The number of nitrogens with zero attached hydrogens (tertiary/aromatic N) is 2. The Kier molecular flexibility index (Phi) is 9.70. The van der Waals surface area contributed by atoms with Crippen LogP contribution in [0.15, 0.2) is 29.3 Å². The van der Waals surface area contributed by atoms with Crippen LogP contribution in [0, 0.1) is 5.82 Å². The minimum Gasteiger partial charge on any atom is -0.357 e. The van der Waals surface area contributed by atoms with Crippen LogP contribution in [-0.2, 0) is 0 Å². The summed E-state index contributed by atoms with van der Waals surface area (Å²) in [7, 11) is 0. The monoisotopic (exact) mass is 494 g/mol. The molecule has 1 aromatic rings. The molecule has 146 valence electrons. The van der Waals surface area contributed by atoms with Crippen LogP contribution in [0.1, 0.15) is 31.1 Å². The van der Waals surface area contributed by atoms with Gasteiger partial charge in [0.15, 0.2) is 5.96 Å². The standard InChI is InChI=1S/C18H27FN4OS.HI/c1-4-20-17(23-11-12-25-18(2,3)13-23)22-10-9-21-16(24)14-7-5-6-8-15(14)19;/h5-8H,4,9-13H2,1-3H3,(H,20,22)(H,21,24);1H. The van der Waals surface area contributed by atoms with Gasteiger partial charge in [-0.2, -0.15) is 11.8 Å². The van der Waals surface area contributed by atoms with E-state index in [0.717, 1.165) is 31.3 Å². The Labute approximate surface area is 176 Å². The number of amides is 1. The molecule has 0 aliphatic carbocycles. The zero-order chi connectivity index (χ0) is 18.3. The summed E-state index contributed by atoms with van der Waals surface area (Å²) in [5.74, 6) is 1.02. The van der Waals surface area contributed by atoms with Crippen molar-refractivity contribution in [3.8, 4) is 0 Å². The molecule has 0 unspecified atom stereocenters. The number of carbonyl (C=O) groups is 1. The lowest BCUT2D eigenvalue weighted by molar-refractivity contribution is 0.0950. The van der Waals surface area contributed by atoms with Gasteiger partial charge >= 0.3 is 0 Å². The second-order valence-corrected chi connectivity index (χ2v) is 8.30. The number of aliphatic imine (C=N–C) groups is 1. The van der Waals surface area contributed by atoms with E-state index in [0.29, 0.717) is 13.1 Å². The SMILES string of the molecule is CCNC(=NCCNC(=O)c1ccccc1F)N1CCSC(C)(C)C1.I. The molecule has 2 N–H and O–H groups in total. The van der Waals surface area contributed by atoms with Crippen LogP contribution in [0.25, 0.3) is 0 Å². The average Bonchev–Trinajstić information content (AvgIpc) is 2.57. The Balaban J connectivity index is 0.00000338. The van der Waals surface area contributed by atoms with Gasteiger partial charge in [-0.25, -0.2) is 4.39 Å². The van der Waals surface area contributed by atoms with Crippen molar-refractivity contribution in [1.82, 2.24) is 15.5 Å². The molecule has 1 fully saturated rings. The van der Waals surface area contributed by atoms with E-state index in [2.05, 4.69) is 34.4 Å². The van der Waals surface area contributed by atoms with Crippen molar-refractivity contribution in [3.05, 3.63) is 35.6 Å². The smallest absolute Gasteiger partial charge is 0.254 e. The van der Waals surface area contributed by atoms with Gasteiger partial charge in [-0.3, -0.25) is 9.79 Å². The Bertz CT molecular complexity index is 627. The van der Waals surface area contributed by atoms with Crippen LogP contribution in [0.2, 0.25) is 0 Å². The van der Waals surface area contributed by atoms with Gasteiger partial charge in [0.25, 0.3) is 5.91 Å². The van der Waals surface area contributed by atoms with Crippen molar-refractivity contribution >= 4 is 47.6 Å². The molecule has 0 bridgehead atoms. The highest BCUT2D eigenvalue weighted by atomic mass is 127. The zero-order valence-electron chi connectivity index (χ0n) is 15.5. The van der Waals surface area contributed by atoms with Crippen molar-refractivity contribution in [2.75, 3.05) is 38.5 Å². The molecular weight excluding hydrogens is 466 g/mol. The molecule has 1 amide bonds. The van der Waals surface area contributed by atoms with E-state index in [9.17, 15) is 9.18 Å². The number of rotatable bonds is 5. The van der Waals surface area contributed by atoms with Crippen molar-refractivity contribution < 1.29 is 9.18 Å². The molecule has 2 rings (SSSR count). The number of benzene rings is 1. The van der Waals surface area contributed by atoms with Crippen LogP contribution >= 0.6 is 35.7 Å². The van der Waals surface area contributed by atoms with Crippen molar-refractivity contribution in [2.24, 2.45) is 4.99 Å². The van der Waals surface area contributed by atoms with Gasteiger partial charge in [0, 0.05) is 36.7 Å². The lowest BCUT2D eigenvalue weighted by atomic mass is 10.2. The maximum atomic E-state index is 13.6. The fourth-order valence-electron chi connectivity index (χ4n) is 2.69. The van der Waals surface area contributed by atoms with Crippen LogP contribution in [0.5, 0.6) is 0 Å². The number of halogens is 2. The first kappa shape index (κ1) is 23.0. The van der Waals surface area contributed by atoms with Crippen molar-refractivity contribution in [1.29, 1.82) is 0 Å². The molecule has 5 nitrogen and oxygen atoms in total. The summed E-state index contributed by atoms with van der Waals surface area (Å²) in [6, 6.07) is 5.98. The second-order valence-electron chi connectivity index (χ2n) is 6.50. The highest BCUT2D eigenvalue weighted by molar-refractivity contribution is 14.0. The Morgan fingerprint density at radius 2 is 2.08 bits per heavy atom. The molecule has 0 aromatic heterocycles. The van der Waals surface area contributed by atoms with E-state index < -0.39 is 11.7 Å². The summed E-state index contributed by atoms with van der Waals surface area (Å²) in [5, 5.41) is 6.03. The van der Waals surface area contributed by atoms with Crippen LogP contribution in [-0.4, -0.2) is 60.0 Å². The first-order chi connectivity index (χ1) is 11.9. The van der Waals surface area contributed by atoms with Gasteiger partial charge in [-0.15, -0.1) is 24.0 Å². The van der Waals surface area contributed by atoms with Crippen molar-refractivity contribution in [3.63, 3.8) is 0 Å². The fourth-order valence-corrected chi connectivity index (χ4v) is 3.81. The molecule has 0 saturated carbocycles. The van der Waals surface area contributed by atoms with E-state index in [4.69, 9.17) is 0 Å². The molecule has 1 aromatic carbocycles. The molecule has 1 aliphatic rings. The Hall–Kier alpha value is -1.03. The molecule has 26 heavy (non-hydrogen) atoms. The van der Waals surface area contributed by atoms with E-state index >= 15 is 0 Å².